The van der Waals surface area contributed by atoms with E-state index in [2.05, 4.69) is 27.2 Å². The quantitative estimate of drug-likeness (QED) is 0.669. The molecule has 4 fully saturated rings. The molecular weight excluding hydrogens is 452 g/mol. The highest BCUT2D eigenvalue weighted by Gasteiger charge is 2.50. The summed E-state index contributed by atoms with van der Waals surface area (Å²) in [7, 11) is 0. The molecule has 2 N–H and O–H groups in total. The van der Waals surface area contributed by atoms with Crippen molar-refractivity contribution in [2.24, 2.45) is 5.41 Å². The molecule has 2 amide bonds. The molecule has 0 bridgehead atoms. The number of aliphatic hydroxyl groups is 1. The molecule has 7 nitrogen and oxygen atoms in total. The summed E-state index contributed by atoms with van der Waals surface area (Å²) in [5.41, 5.74) is 2.44. The molecule has 1 spiro atoms. The Bertz CT molecular complexity index is 1110. The van der Waals surface area contributed by atoms with E-state index >= 15 is 0 Å². The second-order valence-corrected chi connectivity index (χ2v) is 11.2. The van der Waals surface area contributed by atoms with E-state index in [9.17, 15) is 14.7 Å². The minimum absolute atomic E-state index is 0.00217. The van der Waals surface area contributed by atoms with Crippen LogP contribution in [0.1, 0.15) is 68.1 Å². The first-order valence-corrected chi connectivity index (χ1v) is 13.6. The number of pyridine rings is 1. The number of carbonyl (C=O) groups is 2. The van der Waals surface area contributed by atoms with Gasteiger partial charge in [-0.2, -0.15) is 0 Å². The lowest BCUT2D eigenvalue weighted by Gasteiger charge is -2.41. The summed E-state index contributed by atoms with van der Waals surface area (Å²) in [5, 5.41) is 12.9. The molecule has 4 aliphatic rings. The zero-order chi connectivity index (χ0) is 24.7. The van der Waals surface area contributed by atoms with Crippen molar-refractivity contribution in [2.75, 3.05) is 24.5 Å². The van der Waals surface area contributed by atoms with Crippen molar-refractivity contribution < 1.29 is 14.7 Å². The molecule has 6 rings (SSSR count). The monoisotopic (exact) mass is 488 g/mol. The fourth-order valence-electron chi connectivity index (χ4n) is 6.33. The number of nitrogens with one attached hydrogen (secondary N) is 1. The fraction of sp³-hybridized carbons (Fsp3) is 0.552. The molecule has 2 saturated carbocycles. The molecule has 1 aromatic heterocycles. The minimum Gasteiger partial charge on any atom is -0.393 e. The first-order valence-electron chi connectivity index (χ1n) is 13.6. The number of piperidine rings is 1. The number of aliphatic hydroxyl groups excluding tert-OH is 1. The smallest absolute Gasteiger partial charge is 0.251 e. The van der Waals surface area contributed by atoms with E-state index in [0.717, 1.165) is 94.4 Å². The Labute approximate surface area is 212 Å². The van der Waals surface area contributed by atoms with Gasteiger partial charge in [0.05, 0.1) is 11.5 Å². The first kappa shape index (κ1) is 23.5. The summed E-state index contributed by atoms with van der Waals surface area (Å²) in [6, 6.07) is 12.5. The number of hydrogen-bond donors (Lipinski definition) is 2. The van der Waals surface area contributed by atoms with Gasteiger partial charge in [-0.3, -0.25) is 9.59 Å². The lowest BCUT2D eigenvalue weighted by molar-refractivity contribution is -0.139. The SMILES string of the molecule is O=C(NC1CC1)c1ccc(-c2ccc(N3CCC[C@]4(CCN(C5CCC(O)CC5)C4=O)C3)nc2)cc1. The molecular formula is C29H36N4O3. The Morgan fingerprint density at radius 2 is 1.69 bits per heavy atom. The van der Waals surface area contributed by atoms with Crippen molar-refractivity contribution >= 4 is 17.6 Å². The Hall–Kier alpha value is -2.93. The van der Waals surface area contributed by atoms with Gasteiger partial charge in [-0.05, 0) is 87.6 Å². The lowest BCUT2D eigenvalue weighted by atomic mass is 9.78. The minimum atomic E-state index is -0.300. The van der Waals surface area contributed by atoms with Crippen molar-refractivity contribution in [3.05, 3.63) is 48.2 Å². The van der Waals surface area contributed by atoms with Crippen LogP contribution in [-0.4, -0.2) is 64.6 Å². The number of benzene rings is 1. The third-order valence-electron chi connectivity index (χ3n) is 8.69. The molecule has 2 aliphatic carbocycles. The molecule has 2 aromatic rings. The van der Waals surface area contributed by atoms with Crippen molar-refractivity contribution in [3.8, 4) is 11.1 Å². The third kappa shape index (κ3) is 4.61. The zero-order valence-corrected chi connectivity index (χ0v) is 20.9. The zero-order valence-electron chi connectivity index (χ0n) is 20.9. The van der Waals surface area contributed by atoms with Crippen LogP contribution >= 0.6 is 0 Å². The van der Waals surface area contributed by atoms with Gasteiger partial charge in [-0.15, -0.1) is 0 Å². The van der Waals surface area contributed by atoms with E-state index in [1.807, 2.05) is 30.5 Å². The van der Waals surface area contributed by atoms with E-state index in [4.69, 9.17) is 4.98 Å². The Kier molecular flexibility index (Phi) is 6.20. The summed E-state index contributed by atoms with van der Waals surface area (Å²) < 4.78 is 0. The average Bonchev–Trinajstić information content (AvgIpc) is 3.68. The van der Waals surface area contributed by atoms with Crippen molar-refractivity contribution in [1.29, 1.82) is 0 Å². The fourth-order valence-corrected chi connectivity index (χ4v) is 6.33. The number of hydrogen-bond acceptors (Lipinski definition) is 5. The van der Waals surface area contributed by atoms with Crippen LogP contribution in [-0.2, 0) is 4.79 Å². The van der Waals surface area contributed by atoms with Crippen LogP contribution in [0.25, 0.3) is 11.1 Å². The second kappa shape index (κ2) is 9.51. The Balaban J connectivity index is 1.11. The van der Waals surface area contributed by atoms with Crippen molar-refractivity contribution in [3.63, 3.8) is 0 Å². The van der Waals surface area contributed by atoms with E-state index in [1.165, 1.54) is 0 Å². The second-order valence-electron chi connectivity index (χ2n) is 11.2. The lowest BCUT2D eigenvalue weighted by Crippen LogP contribution is -2.50. The van der Waals surface area contributed by atoms with E-state index < -0.39 is 0 Å². The van der Waals surface area contributed by atoms with Crippen LogP contribution in [0.4, 0.5) is 5.82 Å². The van der Waals surface area contributed by atoms with Gasteiger partial charge in [-0.1, -0.05) is 12.1 Å². The molecule has 0 radical (unpaired) electrons. The molecule has 36 heavy (non-hydrogen) atoms. The van der Waals surface area contributed by atoms with Crippen LogP contribution in [0.3, 0.4) is 0 Å². The molecule has 190 valence electrons. The molecule has 1 atom stereocenters. The molecule has 0 unspecified atom stereocenters. The van der Waals surface area contributed by atoms with E-state index in [-0.39, 0.29) is 17.4 Å². The largest absolute Gasteiger partial charge is 0.393 e. The van der Waals surface area contributed by atoms with Gasteiger partial charge in [0.15, 0.2) is 0 Å². The average molecular weight is 489 g/mol. The predicted octanol–water partition coefficient (Wildman–Crippen LogP) is 3.76. The first-order chi connectivity index (χ1) is 17.5. The number of aromatic nitrogens is 1. The summed E-state index contributed by atoms with van der Waals surface area (Å²) >= 11 is 0. The maximum atomic E-state index is 13.6. The predicted molar refractivity (Wildman–Crippen MR) is 139 cm³/mol. The molecule has 1 aromatic carbocycles. The number of rotatable bonds is 5. The van der Waals surface area contributed by atoms with Gasteiger partial charge in [0.1, 0.15) is 5.82 Å². The summed E-state index contributed by atoms with van der Waals surface area (Å²) in [4.78, 5) is 35.0. The van der Waals surface area contributed by atoms with Crippen LogP contribution < -0.4 is 10.2 Å². The molecule has 2 saturated heterocycles. The van der Waals surface area contributed by atoms with Gasteiger partial charge in [0.2, 0.25) is 5.91 Å². The normalized spacial score (nSPS) is 28.5. The standard InChI is InChI=1S/C29H36N4O3/c34-25-11-9-24(10-12-25)33-17-15-29(28(33)36)14-1-16-32(19-29)26-13-6-22(18-30-26)20-2-4-21(5-3-20)27(35)31-23-7-8-23/h2-6,13,18,23-25,34H,1,7-12,14-17,19H2,(H,31,35)/t24?,25?,29-/m0/s1. The number of nitrogens with zero attached hydrogens (tertiary/aromatic N) is 3. The number of carbonyl (C=O) groups excluding carboxylic acids is 2. The Morgan fingerprint density at radius 3 is 2.39 bits per heavy atom. The topological polar surface area (TPSA) is 85.8 Å². The van der Waals surface area contributed by atoms with Gasteiger partial charge >= 0.3 is 0 Å². The third-order valence-corrected chi connectivity index (χ3v) is 8.69. The van der Waals surface area contributed by atoms with Gasteiger partial charge in [0, 0.05) is 49.0 Å². The van der Waals surface area contributed by atoms with Gasteiger partial charge < -0.3 is 20.2 Å². The van der Waals surface area contributed by atoms with E-state index in [0.29, 0.717) is 23.6 Å². The highest BCUT2D eigenvalue weighted by molar-refractivity contribution is 5.95. The summed E-state index contributed by atoms with van der Waals surface area (Å²) in [6.45, 7) is 2.49. The highest BCUT2D eigenvalue weighted by atomic mass is 16.3. The number of anilines is 1. The Morgan fingerprint density at radius 1 is 0.944 bits per heavy atom. The van der Waals surface area contributed by atoms with Crippen molar-refractivity contribution in [1.82, 2.24) is 15.2 Å². The highest BCUT2D eigenvalue weighted by Crippen LogP contribution is 2.43. The van der Waals surface area contributed by atoms with Gasteiger partial charge in [0.25, 0.3) is 5.91 Å². The molecule has 3 heterocycles. The maximum absolute atomic E-state index is 13.6. The number of likely N-dealkylation sites (tertiary alicyclic amines) is 1. The molecule has 2 aliphatic heterocycles. The van der Waals surface area contributed by atoms with E-state index in [1.54, 1.807) is 0 Å². The maximum Gasteiger partial charge on any atom is 0.251 e. The van der Waals surface area contributed by atoms with Crippen LogP contribution in [0.2, 0.25) is 0 Å². The van der Waals surface area contributed by atoms with Gasteiger partial charge in [-0.25, -0.2) is 4.98 Å². The van der Waals surface area contributed by atoms with Crippen LogP contribution in [0, 0.1) is 5.41 Å². The van der Waals surface area contributed by atoms with Crippen LogP contribution in [0.15, 0.2) is 42.6 Å². The van der Waals surface area contributed by atoms with Crippen LogP contribution in [0.5, 0.6) is 0 Å². The molecule has 7 heteroatoms. The van der Waals surface area contributed by atoms with Crippen molar-refractivity contribution in [2.45, 2.75) is 76.0 Å². The summed E-state index contributed by atoms with van der Waals surface area (Å²) in [5.74, 6) is 1.24. The summed E-state index contributed by atoms with van der Waals surface area (Å²) in [6.07, 6.45) is 10.2. The number of amides is 2.